The van der Waals surface area contributed by atoms with Gasteiger partial charge in [0.05, 0.1) is 5.02 Å². The van der Waals surface area contributed by atoms with Crippen LogP contribution in [0.1, 0.15) is 46.1 Å². The van der Waals surface area contributed by atoms with Crippen molar-refractivity contribution in [2.45, 2.75) is 58.6 Å². The molecule has 0 aliphatic heterocycles. The quantitative estimate of drug-likeness (QED) is 0.332. The number of hydrogen-bond acceptors (Lipinski definition) is 7. The normalized spacial score (nSPS) is 12.5. The molecule has 7 nitrogen and oxygen atoms in total. The Balaban J connectivity index is 2.28. The Kier molecular flexibility index (Phi) is 8.82. The summed E-state index contributed by atoms with van der Waals surface area (Å²) in [5, 5.41) is 3.45. The number of carbonyl (C=O) groups is 2. The molecule has 1 heterocycles. The third-order valence-corrected chi connectivity index (χ3v) is 5.14. The first-order valence-electron chi connectivity index (χ1n) is 10.0. The maximum atomic E-state index is 12.8. The number of esters is 1. The van der Waals surface area contributed by atoms with Crippen molar-refractivity contribution in [3.63, 3.8) is 0 Å². The molecule has 1 amide bonds. The van der Waals surface area contributed by atoms with E-state index in [0.717, 1.165) is 12.0 Å². The van der Waals surface area contributed by atoms with Gasteiger partial charge in [-0.05, 0) is 57.3 Å². The molecular formula is C22H28ClNO6S. The number of aryl methyl sites for hydroxylation is 1. The van der Waals surface area contributed by atoms with Crippen molar-refractivity contribution in [3.8, 4) is 5.75 Å². The zero-order chi connectivity index (χ0) is 23.2. The highest BCUT2D eigenvalue weighted by atomic mass is 35.5. The van der Waals surface area contributed by atoms with E-state index in [4.69, 9.17) is 25.5 Å². The molecule has 0 bridgehead atoms. The summed E-state index contributed by atoms with van der Waals surface area (Å²) >= 11 is 7.88. The van der Waals surface area contributed by atoms with E-state index in [1.807, 2.05) is 13.2 Å². The molecule has 0 spiro atoms. The summed E-state index contributed by atoms with van der Waals surface area (Å²) in [7, 11) is 0. The monoisotopic (exact) mass is 469 g/mol. The van der Waals surface area contributed by atoms with Gasteiger partial charge in [-0.2, -0.15) is 11.8 Å². The van der Waals surface area contributed by atoms with Gasteiger partial charge in [-0.3, -0.25) is 0 Å². The molecule has 1 aromatic carbocycles. The zero-order valence-corrected chi connectivity index (χ0v) is 19.9. The Bertz CT molecular complexity index is 998. The van der Waals surface area contributed by atoms with Gasteiger partial charge < -0.3 is 19.2 Å². The van der Waals surface area contributed by atoms with Crippen LogP contribution >= 0.6 is 23.4 Å². The lowest BCUT2D eigenvalue weighted by molar-refractivity contribution is -0.136. The van der Waals surface area contributed by atoms with Crippen molar-refractivity contribution in [1.82, 2.24) is 5.32 Å². The van der Waals surface area contributed by atoms with Gasteiger partial charge in [0.2, 0.25) is 0 Å². The average Bonchev–Trinajstić information content (AvgIpc) is 2.65. The van der Waals surface area contributed by atoms with Crippen LogP contribution in [0.3, 0.4) is 0 Å². The molecule has 0 aliphatic carbocycles. The van der Waals surface area contributed by atoms with Crippen molar-refractivity contribution in [2.24, 2.45) is 0 Å². The second-order valence-corrected chi connectivity index (χ2v) is 9.41. The Morgan fingerprint density at radius 2 is 1.97 bits per heavy atom. The van der Waals surface area contributed by atoms with Gasteiger partial charge in [-0.25, -0.2) is 14.4 Å². The number of halogens is 1. The molecule has 1 atom stereocenters. The molecule has 9 heteroatoms. The van der Waals surface area contributed by atoms with Crippen molar-refractivity contribution in [3.05, 3.63) is 39.2 Å². The minimum absolute atomic E-state index is 0.0519. The highest BCUT2D eigenvalue weighted by Crippen LogP contribution is 2.32. The molecule has 170 valence electrons. The summed E-state index contributed by atoms with van der Waals surface area (Å²) in [5.74, 6) is -0.0136. The molecule has 2 rings (SSSR count). The van der Waals surface area contributed by atoms with Gasteiger partial charge in [-0.15, -0.1) is 0 Å². The molecule has 0 saturated heterocycles. The minimum Gasteiger partial charge on any atom is -0.444 e. The minimum atomic E-state index is -0.924. The Morgan fingerprint density at radius 3 is 2.58 bits per heavy atom. The van der Waals surface area contributed by atoms with Crippen LogP contribution in [-0.2, 0) is 16.0 Å². The number of thioether (sulfide) groups is 1. The Labute approximate surface area is 190 Å². The maximum absolute atomic E-state index is 12.8. The number of benzene rings is 1. The van der Waals surface area contributed by atoms with E-state index >= 15 is 0 Å². The van der Waals surface area contributed by atoms with Gasteiger partial charge in [0.1, 0.15) is 17.2 Å². The van der Waals surface area contributed by atoms with Gasteiger partial charge in [-0.1, -0.05) is 24.9 Å². The van der Waals surface area contributed by atoms with E-state index in [1.165, 1.54) is 23.9 Å². The fraction of sp³-hybridized carbons (Fsp3) is 0.500. The van der Waals surface area contributed by atoms with Gasteiger partial charge in [0, 0.05) is 17.5 Å². The maximum Gasteiger partial charge on any atom is 0.408 e. The highest BCUT2D eigenvalue weighted by Gasteiger charge is 2.26. The molecule has 0 radical (unpaired) electrons. The standard InChI is InChI=1S/C22H28ClNO6S/c1-6-7-13-10-19(25)28-17-12-18(15(23)11-14(13)17)29-20(26)16(8-9-31-5)24-21(27)30-22(2,3)4/h10-12,16H,6-9H2,1-5H3,(H,24,27)/t16-/m1/s1. The number of rotatable bonds is 8. The van der Waals surface area contributed by atoms with E-state index in [1.54, 1.807) is 26.8 Å². The molecule has 0 fully saturated rings. The summed E-state index contributed by atoms with van der Waals surface area (Å²) in [6.07, 6.45) is 3.07. The largest absolute Gasteiger partial charge is 0.444 e. The second kappa shape index (κ2) is 10.9. The zero-order valence-electron chi connectivity index (χ0n) is 18.4. The SMILES string of the molecule is CCCc1cc(=O)oc2cc(OC(=O)[C@@H](CCSC)NC(=O)OC(C)(C)C)c(Cl)cc12. The molecule has 1 N–H and O–H groups in total. The summed E-state index contributed by atoms with van der Waals surface area (Å²) in [6, 6.07) is 3.56. The Hall–Kier alpha value is -2.19. The fourth-order valence-electron chi connectivity index (χ4n) is 2.90. The van der Waals surface area contributed by atoms with Gasteiger partial charge in [0.25, 0.3) is 0 Å². The number of fused-ring (bicyclic) bond motifs is 1. The molecule has 0 aliphatic rings. The van der Waals surface area contributed by atoms with Gasteiger partial charge in [0.15, 0.2) is 5.75 Å². The van der Waals surface area contributed by atoms with E-state index < -0.39 is 29.3 Å². The van der Waals surface area contributed by atoms with Crippen molar-refractivity contribution in [1.29, 1.82) is 0 Å². The predicted molar refractivity (Wildman–Crippen MR) is 123 cm³/mol. The van der Waals surface area contributed by atoms with E-state index in [2.05, 4.69) is 5.32 Å². The fourth-order valence-corrected chi connectivity index (χ4v) is 3.57. The topological polar surface area (TPSA) is 94.8 Å². The lowest BCUT2D eigenvalue weighted by atomic mass is 10.1. The number of carbonyl (C=O) groups excluding carboxylic acids is 2. The molecule has 31 heavy (non-hydrogen) atoms. The number of amides is 1. The smallest absolute Gasteiger partial charge is 0.408 e. The summed E-state index contributed by atoms with van der Waals surface area (Å²) in [5.41, 5.74) is -0.0881. The van der Waals surface area contributed by atoms with Crippen LogP contribution < -0.4 is 15.7 Å². The number of alkyl carbamates (subject to hydrolysis) is 1. The van der Waals surface area contributed by atoms with Crippen LogP contribution in [0.15, 0.2) is 27.4 Å². The summed E-state index contributed by atoms with van der Waals surface area (Å²) in [6.45, 7) is 7.20. The van der Waals surface area contributed by atoms with Crippen molar-refractivity contribution >= 4 is 46.4 Å². The summed E-state index contributed by atoms with van der Waals surface area (Å²) in [4.78, 5) is 36.8. The molecular weight excluding hydrogens is 442 g/mol. The first-order valence-corrected chi connectivity index (χ1v) is 11.8. The first kappa shape index (κ1) is 25.1. The highest BCUT2D eigenvalue weighted by molar-refractivity contribution is 7.98. The third-order valence-electron chi connectivity index (χ3n) is 4.20. The molecule has 0 unspecified atom stereocenters. The second-order valence-electron chi connectivity index (χ2n) is 8.02. The Morgan fingerprint density at radius 1 is 1.26 bits per heavy atom. The molecule has 1 aromatic heterocycles. The number of hydrogen-bond donors (Lipinski definition) is 1. The molecule has 2 aromatic rings. The first-order chi connectivity index (χ1) is 14.5. The lowest BCUT2D eigenvalue weighted by Crippen LogP contribution is -2.45. The molecule has 0 saturated carbocycles. The summed E-state index contributed by atoms with van der Waals surface area (Å²) < 4.78 is 16.0. The van der Waals surface area contributed by atoms with E-state index in [-0.39, 0.29) is 16.4 Å². The number of nitrogens with one attached hydrogen (secondary N) is 1. The van der Waals surface area contributed by atoms with E-state index in [9.17, 15) is 14.4 Å². The van der Waals surface area contributed by atoms with Crippen molar-refractivity contribution < 1.29 is 23.5 Å². The van der Waals surface area contributed by atoms with Crippen LogP contribution in [0.5, 0.6) is 5.75 Å². The lowest BCUT2D eigenvalue weighted by Gasteiger charge is -2.23. The van der Waals surface area contributed by atoms with Crippen LogP contribution in [0.4, 0.5) is 4.79 Å². The predicted octanol–water partition coefficient (Wildman–Crippen LogP) is 4.95. The van der Waals surface area contributed by atoms with Gasteiger partial charge >= 0.3 is 17.7 Å². The van der Waals surface area contributed by atoms with Crippen LogP contribution in [0.25, 0.3) is 11.0 Å². The van der Waals surface area contributed by atoms with Crippen LogP contribution in [0.2, 0.25) is 5.02 Å². The third kappa shape index (κ3) is 7.47. The van der Waals surface area contributed by atoms with Crippen LogP contribution in [0, 0.1) is 0 Å². The number of ether oxygens (including phenoxy) is 2. The van der Waals surface area contributed by atoms with Crippen molar-refractivity contribution in [2.75, 3.05) is 12.0 Å². The average molecular weight is 470 g/mol. The van der Waals surface area contributed by atoms with E-state index in [0.29, 0.717) is 24.0 Å². The van der Waals surface area contributed by atoms with Crippen LogP contribution in [-0.4, -0.2) is 35.7 Å².